The molecule has 1 aliphatic rings. The lowest BCUT2D eigenvalue weighted by Gasteiger charge is -2.23. The van der Waals surface area contributed by atoms with Crippen LogP contribution >= 0.6 is 0 Å². The number of rotatable bonds is 6. The Morgan fingerprint density at radius 1 is 0.523 bits per heavy atom. The molecular weight excluding hydrogens is 534 g/mol. The normalized spacial score (nSPS) is 14.9. The van der Waals surface area contributed by atoms with Crippen LogP contribution in [0, 0.1) is 0 Å². The summed E-state index contributed by atoms with van der Waals surface area (Å²) in [6.07, 6.45) is 5.90. The Labute approximate surface area is 259 Å². The van der Waals surface area contributed by atoms with E-state index in [0.717, 1.165) is 57.8 Å². The summed E-state index contributed by atoms with van der Waals surface area (Å²) >= 11 is 0. The molecule has 3 nitrogen and oxygen atoms in total. The third-order valence-electron chi connectivity index (χ3n) is 8.09. The molecule has 0 aliphatic carbocycles. The molecule has 0 saturated carbocycles. The van der Waals surface area contributed by atoms with Crippen molar-refractivity contribution in [3.8, 4) is 33.5 Å². The van der Waals surface area contributed by atoms with E-state index >= 15 is 0 Å². The van der Waals surface area contributed by atoms with Gasteiger partial charge in [-0.25, -0.2) is 0 Å². The second kappa shape index (κ2) is 12.8. The maximum absolute atomic E-state index is 5.32. The molecule has 0 radical (unpaired) electrons. The van der Waals surface area contributed by atoms with Crippen LogP contribution in [0.25, 0.3) is 39.2 Å². The lowest BCUT2D eigenvalue weighted by Crippen LogP contribution is -2.22. The van der Waals surface area contributed by atoms with Gasteiger partial charge in [0.05, 0.1) is 5.69 Å². The van der Waals surface area contributed by atoms with Gasteiger partial charge in [0.1, 0.15) is 6.17 Å². The van der Waals surface area contributed by atoms with Gasteiger partial charge in [0.2, 0.25) is 0 Å². The smallest absolute Gasteiger partial charge is 0.145 e. The molecule has 7 rings (SSSR count). The molecule has 1 aliphatic heterocycles. The fraction of sp³-hybridized carbons (Fsp3) is 0.0732. The highest BCUT2D eigenvalue weighted by Gasteiger charge is 2.18. The summed E-state index contributed by atoms with van der Waals surface area (Å²) < 4.78 is 0. The number of benzene rings is 5. The number of nitrogens with one attached hydrogen (secondary N) is 1. The first kappa shape index (κ1) is 27.3. The van der Waals surface area contributed by atoms with Crippen molar-refractivity contribution in [2.24, 2.45) is 4.99 Å². The van der Waals surface area contributed by atoms with Crippen LogP contribution in [0.15, 0.2) is 169 Å². The molecular formula is C41H33N3. The Morgan fingerprint density at radius 3 is 1.73 bits per heavy atom. The number of hydrogen-bond acceptors (Lipinski definition) is 3. The molecule has 44 heavy (non-hydrogen) atoms. The summed E-state index contributed by atoms with van der Waals surface area (Å²) in [5.41, 5.74) is 12.4. The quantitative estimate of drug-likeness (QED) is 0.217. The van der Waals surface area contributed by atoms with Crippen molar-refractivity contribution >= 4 is 11.4 Å². The average molecular weight is 568 g/mol. The van der Waals surface area contributed by atoms with Crippen molar-refractivity contribution in [1.29, 1.82) is 0 Å². The summed E-state index contributed by atoms with van der Waals surface area (Å²) in [5, 5.41) is 3.74. The minimum Gasteiger partial charge on any atom is -0.360 e. The Bertz CT molecular complexity index is 1890. The molecule has 0 spiro atoms. The first-order chi connectivity index (χ1) is 21.8. The first-order valence-electron chi connectivity index (χ1n) is 15.2. The summed E-state index contributed by atoms with van der Waals surface area (Å²) in [5.74, 6) is 0. The van der Waals surface area contributed by atoms with Gasteiger partial charge in [-0.15, -0.1) is 0 Å². The van der Waals surface area contributed by atoms with E-state index in [2.05, 4.69) is 157 Å². The number of aromatic nitrogens is 1. The number of nitrogens with zero attached hydrogens (tertiary/aromatic N) is 2. The van der Waals surface area contributed by atoms with Gasteiger partial charge < -0.3 is 5.32 Å². The number of hydrogen-bond donors (Lipinski definition) is 1. The summed E-state index contributed by atoms with van der Waals surface area (Å²) in [7, 11) is 0. The zero-order chi connectivity index (χ0) is 29.6. The van der Waals surface area contributed by atoms with Gasteiger partial charge in [0.15, 0.2) is 0 Å². The zero-order valence-corrected chi connectivity index (χ0v) is 24.5. The lowest BCUT2D eigenvalue weighted by molar-refractivity contribution is 0.661. The topological polar surface area (TPSA) is 37.3 Å². The molecule has 0 bridgehead atoms. The highest BCUT2D eigenvalue weighted by Crippen LogP contribution is 2.35. The molecule has 1 N–H and O–H groups in total. The van der Waals surface area contributed by atoms with Gasteiger partial charge in [-0.2, -0.15) is 0 Å². The number of pyridine rings is 1. The molecule has 212 valence electrons. The van der Waals surface area contributed by atoms with Gasteiger partial charge in [-0.05, 0) is 52.3 Å². The minimum atomic E-state index is -0.183. The minimum absolute atomic E-state index is 0.183. The van der Waals surface area contributed by atoms with Crippen LogP contribution in [0.1, 0.15) is 35.7 Å². The highest BCUT2D eigenvalue weighted by molar-refractivity contribution is 6.01. The SMILES string of the molecule is C1=C(c2ccccc2)NC(c2ccccc2)N=C(c2ccc(-c3cnc(-c4ccccc4)cc3-c3ccccc3)cc2)CC1. The lowest BCUT2D eigenvalue weighted by atomic mass is 9.93. The predicted octanol–water partition coefficient (Wildman–Crippen LogP) is 9.99. The van der Waals surface area contributed by atoms with Gasteiger partial charge in [0.25, 0.3) is 0 Å². The van der Waals surface area contributed by atoms with Crippen LogP contribution in [0.5, 0.6) is 0 Å². The van der Waals surface area contributed by atoms with Gasteiger partial charge >= 0.3 is 0 Å². The summed E-state index contributed by atoms with van der Waals surface area (Å²) in [4.78, 5) is 10.2. The van der Waals surface area contributed by atoms with Crippen LogP contribution < -0.4 is 5.32 Å². The Balaban J connectivity index is 1.23. The molecule has 0 fully saturated rings. The fourth-order valence-electron chi connectivity index (χ4n) is 5.79. The van der Waals surface area contributed by atoms with Crippen molar-refractivity contribution in [3.05, 3.63) is 181 Å². The van der Waals surface area contributed by atoms with Crippen LogP contribution in [-0.2, 0) is 0 Å². The van der Waals surface area contributed by atoms with Crippen LogP contribution in [-0.4, -0.2) is 10.7 Å². The molecule has 1 atom stereocenters. The Hall–Kier alpha value is -5.54. The van der Waals surface area contributed by atoms with E-state index in [9.17, 15) is 0 Å². The van der Waals surface area contributed by atoms with E-state index in [-0.39, 0.29) is 6.17 Å². The predicted molar refractivity (Wildman–Crippen MR) is 183 cm³/mol. The largest absolute Gasteiger partial charge is 0.360 e. The summed E-state index contributed by atoms with van der Waals surface area (Å²) in [6, 6.07) is 53.0. The van der Waals surface area contributed by atoms with E-state index in [4.69, 9.17) is 9.98 Å². The number of aliphatic imine (C=N–C) groups is 1. The summed E-state index contributed by atoms with van der Waals surface area (Å²) in [6.45, 7) is 0. The van der Waals surface area contributed by atoms with Gasteiger partial charge in [-0.1, -0.05) is 152 Å². The van der Waals surface area contributed by atoms with E-state index in [1.54, 1.807) is 0 Å². The van der Waals surface area contributed by atoms with Crippen molar-refractivity contribution < 1.29 is 0 Å². The first-order valence-corrected chi connectivity index (χ1v) is 15.2. The van der Waals surface area contributed by atoms with Gasteiger partial charge in [-0.3, -0.25) is 9.98 Å². The standard InChI is InChI=1S/C41H33N3/c1-5-14-30(15-6-1)36-28-40(33-18-9-3-10-19-33)42-29-37(36)31-24-26-34(27-25-31)39-23-13-22-38(32-16-7-2-8-17-32)43-41(44-39)35-20-11-4-12-21-35/h1-12,14-22,24-29,41,43H,13,23H2. The van der Waals surface area contributed by atoms with Crippen molar-refractivity contribution in [1.82, 2.24) is 10.3 Å². The van der Waals surface area contributed by atoms with Crippen LogP contribution in [0.3, 0.4) is 0 Å². The van der Waals surface area contributed by atoms with E-state index in [1.165, 1.54) is 16.7 Å². The Morgan fingerprint density at radius 2 is 1.07 bits per heavy atom. The average Bonchev–Trinajstić information content (AvgIpc) is 3.10. The third kappa shape index (κ3) is 5.99. The molecule has 1 aromatic heterocycles. The Kier molecular flexibility index (Phi) is 7.92. The van der Waals surface area contributed by atoms with Crippen LogP contribution in [0.4, 0.5) is 0 Å². The van der Waals surface area contributed by atoms with Gasteiger partial charge in [0, 0.05) is 28.7 Å². The monoisotopic (exact) mass is 567 g/mol. The molecule has 6 aromatic rings. The van der Waals surface area contributed by atoms with Crippen molar-refractivity contribution in [3.63, 3.8) is 0 Å². The maximum atomic E-state index is 5.32. The van der Waals surface area contributed by atoms with E-state index in [0.29, 0.717) is 0 Å². The molecule has 0 saturated heterocycles. The van der Waals surface area contributed by atoms with E-state index < -0.39 is 0 Å². The number of allylic oxidation sites excluding steroid dienone is 1. The second-order valence-corrected chi connectivity index (χ2v) is 11.0. The van der Waals surface area contributed by atoms with Crippen LogP contribution in [0.2, 0.25) is 0 Å². The zero-order valence-electron chi connectivity index (χ0n) is 24.5. The molecule has 1 unspecified atom stereocenters. The molecule has 2 heterocycles. The highest BCUT2D eigenvalue weighted by atomic mass is 15.1. The molecule has 0 amide bonds. The molecule has 5 aromatic carbocycles. The maximum Gasteiger partial charge on any atom is 0.145 e. The third-order valence-corrected chi connectivity index (χ3v) is 8.09. The second-order valence-electron chi connectivity index (χ2n) is 11.0. The van der Waals surface area contributed by atoms with Crippen molar-refractivity contribution in [2.45, 2.75) is 19.0 Å². The van der Waals surface area contributed by atoms with E-state index in [1.807, 2.05) is 12.3 Å². The fourth-order valence-corrected chi connectivity index (χ4v) is 5.79. The molecule has 3 heteroatoms. The van der Waals surface area contributed by atoms with Crippen molar-refractivity contribution in [2.75, 3.05) is 0 Å².